The number of amides is 1. The zero-order valence-corrected chi connectivity index (χ0v) is 14.4. The number of sulfonamides is 1. The van der Waals surface area contributed by atoms with Crippen molar-refractivity contribution in [3.05, 3.63) is 17.8 Å². The average molecular weight is 342 g/mol. The molecule has 1 amide bonds. The second kappa shape index (κ2) is 7.22. The van der Waals surface area contributed by atoms with Crippen molar-refractivity contribution < 1.29 is 17.9 Å². The number of nitrogens with zero attached hydrogens (tertiary/aromatic N) is 4. The molecule has 1 aromatic rings. The number of hydrogen-bond donors (Lipinski definition) is 0. The van der Waals surface area contributed by atoms with Gasteiger partial charge in [-0.3, -0.25) is 4.79 Å². The van der Waals surface area contributed by atoms with Crippen LogP contribution in [0.15, 0.2) is 12.1 Å². The van der Waals surface area contributed by atoms with Crippen LogP contribution < -0.4 is 4.74 Å². The number of piperidine rings is 1. The maximum Gasteiger partial charge on any atom is 0.237 e. The zero-order valence-electron chi connectivity index (χ0n) is 13.6. The fourth-order valence-corrected chi connectivity index (χ4v) is 2.60. The van der Waals surface area contributed by atoms with Gasteiger partial charge >= 0.3 is 0 Å². The molecule has 23 heavy (non-hydrogen) atoms. The van der Waals surface area contributed by atoms with Gasteiger partial charge in [0.15, 0.2) is 0 Å². The summed E-state index contributed by atoms with van der Waals surface area (Å²) in [6.45, 7) is 2.81. The van der Waals surface area contributed by atoms with E-state index in [2.05, 4.69) is 10.2 Å². The Morgan fingerprint density at radius 1 is 1.35 bits per heavy atom. The van der Waals surface area contributed by atoms with Gasteiger partial charge in [0.2, 0.25) is 21.8 Å². The van der Waals surface area contributed by atoms with Crippen molar-refractivity contribution in [2.75, 3.05) is 32.9 Å². The Kier molecular flexibility index (Phi) is 5.53. The number of aromatic nitrogens is 2. The van der Waals surface area contributed by atoms with Gasteiger partial charge < -0.3 is 9.64 Å². The van der Waals surface area contributed by atoms with Crippen molar-refractivity contribution in [2.24, 2.45) is 0 Å². The summed E-state index contributed by atoms with van der Waals surface area (Å²) >= 11 is 0. The highest BCUT2D eigenvalue weighted by molar-refractivity contribution is 7.88. The molecule has 0 N–H and O–H groups in total. The Hall–Kier alpha value is -1.74. The SMILES string of the molecule is Cc1ccc(OC2CCN(C(=O)CN(C)S(C)(=O)=O)CC2)nn1. The quantitative estimate of drug-likeness (QED) is 0.750. The normalized spacial score (nSPS) is 16.6. The summed E-state index contributed by atoms with van der Waals surface area (Å²) in [5.74, 6) is 0.295. The molecule has 2 rings (SSSR count). The number of likely N-dealkylation sites (tertiary alicyclic amines) is 1. The van der Waals surface area contributed by atoms with Crippen LogP contribution in [0.3, 0.4) is 0 Å². The van der Waals surface area contributed by atoms with Crippen LogP contribution >= 0.6 is 0 Å². The van der Waals surface area contributed by atoms with E-state index < -0.39 is 10.0 Å². The predicted octanol–water partition coefficient (Wildman–Crippen LogP) is 0.0462. The first-order valence-electron chi connectivity index (χ1n) is 7.42. The highest BCUT2D eigenvalue weighted by atomic mass is 32.2. The van der Waals surface area contributed by atoms with E-state index in [1.165, 1.54) is 7.05 Å². The van der Waals surface area contributed by atoms with Gasteiger partial charge in [-0.1, -0.05) is 0 Å². The Labute approximate surface area is 136 Å². The van der Waals surface area contributed by atoms with Crippen molar-refractivity contribution in [3.8, 4) is 5.88 Å². The molecule has 1 fully saturated rings. The van der Waals surface area contributed by atoms with Crippen molar-refractivity contribution in [2.45, 2.75) is 25.9 Å². The number of likely N-dealkylation sites (N-methyl/N-ethyl adjacent to an activating group) is 1. The topological polar surface area (TPSA) is 92.7 Å². The highest BCUT2D eigenvalue weighted by Crippen LogP contribution is 2.17. The molecule has 1 aliphatic heterocycles. The van der Waals surface area contributed by atoms with Gasteiger partial charge in [-0.05, 0) is 13.0 Å². The van der Waals surface area contributed by atoms with Crippen LogP contribution in [0.5, 0.6) is 5.88 Å². The van der Waals surface area contributed by atoms with Gasteiger partial charge in [0, 0.05) is 39.0 Å². The summed E-state index contributed by atoms with van der Waals surface area (Å²) in [6, 6.07) is 3.61. The van der Waals surface area contributed by atoms with Crippen LogP contribution in [0, 0.1) is 6.92 Å². The number of carbonyl (C=O) groups excluding carboxylic acids is 1. The monoisotopic (exact) mass is 342 g/mol. The molecule has 128 valence electrons. The summed E-state index contributed by atoms with van der Waals surface area (Å²) in [6.07, 6.45) is 2.44. The summed E-state index contributed by atoms with van der Waals surface area (Å²) in [5.41, 5.74) is 0.827. The average Bonchev–Trinajstić information content (AvgIpc) is 2.49. The van der Waals surface area contributed by atoms with Crippen LogP contribution in [0.2, 0.25) is 0 Å². The van der Waals surface area contributed by atoms with Crippen LogP contribution in [-0.2, 0) is 14.8 Å². The fourth-order valence-electron chi connectivity index (χ4n) is 2.25. The zero-order chi connectivity index (χ0) is 17.0. The van der Waals surface area contributed by atoms with Crippen LogP contribution in [0.25, 0.3) is 0 Å². The lowest BCUT2D eigenvalue weighted by atomic mass is 10.1. The molecular weight excluding hydrogens is 320 g/mol. The molecule has 0 aliphatic carbocycles. The lowest BCUT2D eigenvalue weighted by Crippen LogP contribution is -2.46. The van der Waals surface area contributed by atoms with Crippen LogP contribution in [0.1, 0.15) is 18.5 Å². The van der Waals surface area contributed by atoms with E-state index in [0.717, 1.165) is 16.3 Å². The molecule has 8 nitrogen and oxygen atoms in total. The van der Waals surface area contributed by atoms with Crippen molar-refractivity contribution in [1.29, 1.82) is 0 Å². The third-order valence-electron chi connectivity index (χ3n) is 3.78. The number of ether oxygens (including phenoxy) is 1. The third kappa shape index (κ3) is 5.14. The molecule has 0 bridgehead atoms. The second-order valence-electron chi connectivity index (χ2n) is 5.73. The minimum Gasteiger partial charge on any atom is -0.473 e. The molecule has 0 aromatic carbocycles. The van der Waals surface area contributed by atoms with Crippen molar-refractivity contribution in [1.82, 2.24) is 19.4 Å². The standard InChI is InChI=1S/C14H22N4O4S/c1-11-4-5-13(16-15-11)22-12-6-8-18(9-7-12)14(19)10-17(2)23(3,20)21/h4-5,12H,6-10H2,1-3H3. The third-order valence-corrected chi connectivity index (χ3v) is 5.04. The van der Waals surface area contributed by atoms with Gasteiger partial charge in [0.25, 0.3) is 0 Å². The van der Waals surface area contributed by atoms with E-state index in [4.69, 9.17) is 4.74 Å². The predicted molar refractivity (Wildman–Crippen MR) is 84.5 cm³/mol. The van der Waals surface area contributed by atoms with Crippen molar-refractivity contribution in [3.63, 3.8) is 0 Å². The molecule has 0 unspecified atom stereocenters. The Balaban J connectivity index is 1.81. The van der Waals surface area contributed by atoms with E-state index in [9.17, 15) is 13.2 Å². The van der Waals surface area contributed by atoms with Gasteiger partial charge in [0.1, 0.15) is 6.10 Å². The molecule has 0 atom stereocenters. The van der Waals surface area contributed by atoms with Gasteiger partial charge in [-0.15, -0.1) is 5.10 Å². The second-order valence-corrected chi connectivity index (χ2v) is 7.82. The molecular formula is C14H22N4O4S. The van der Waals surface area contributed by atoms with E-state index in [1.807, 2.05) is 13.0 Å². The van der Waals surface area contributed by atoms with E-state index in [1.54, 1.807) is 11.0 Å². The lowest BCUT2D eigenvalue weighted by Gasteiger charge is -2.32. The number of rotatable bonds is 5. The summed E-state index contributed by atoms with van der Waals surface area (Å²) in [7, 11) is -1.94. The lowest BCUT2D eigenvalue weighted by molar-refractivity contribution is -0.133. The highest BCUT2D eigenvalue weighted by Gasteiger charge is 2.26. The first-order chi connectivity index (χ1) is 10.8. The minimum atomic E-state index is -3.35. The maximum atomic E-state index is 12.1. The van der Waals surface area contributed by atoms with E-state index in [0.29, 0.717) is 31.8 Å². The fraction of sp³-hybridized carbons (Fsp3) is 0.643. The first-order valence-corrected chi connectivity index (χ1v) is 9.26. The van der Waals surface area contributed by atoms with Gasteiger partial charge in [-0.25, -0.2) is 8.42 Å². The Morgan fingerprint density at radius 2 is 2.00 bits per heavy atom. The van der Waals surface area contributed by atoms with E-state index >= 15 is 0 Å². The molecule has 1 aromatic heterocycles. The van der Waals surface area contributed by atoms with Gasteiger partial charge in [0.05, 0.1) is 18.5 Å². The molecule has 0 spiro atoms. The number of hydrogen-bond acceptors (Lipinski definition) is 6. The number of aryl methyl sites for hydroxylation is 1. The van der Waals surface area contributed by atoms with Crippen molar-refractivity contribution >= 4 is 15.9 Å². The Bertz CT molecular complexity index is 639. The maximum absolute atomic E-state index is 12.1. The van der Waals surface area contributed by atoms with E-state index in [-0.39, 0.29) is 18.6 Å². The van der Waals surface area contributed by atoms with Crippen LogP contribution in [-0.4, -0.2) is 72.8 Å². The largest absolute Gasteiger partial charge is 0.473 e. The molecule has 0 radical (unpaired) electrons. The molecule has 0 saturated carbocycles. The van der Waals surface area contributed by atoms with Gasteiger partial charge in [-0.2, -0.15) is 9.40 Å². The summed E-state index contributed by atoms with van der Waals surface area (Å²) in [4.78, 5) is 13.8. The summed E-state index contributed by atoms with van der Waals surface area (Å²) < 4.78 is 29.5. The molecule has 1 saturated heterocycles. The first kappa shape index (κ1) is 17.6. The molecule has 9 heteroatoms. The van der Waals surface area contributed by atoms with Crippen LogP contribution in [0.4, 0.5) is 0 Å². The minimum absolute atomic E-state index is 0.0105. The Morgan fingerprint density at radius 3 is 2.52 bits per heavy atom. The number of carbonyl (C=O) groups is 1. The smallest absolute Gasteiger partial charge is 0.237 e. The summed E-state index contributed by atoms with van der Waals surface area (Å²) in [5, 5.41) is 7.91. The molecule has 2 heterocycles. The molecule has 1 aliphatic rings.